The van der Waals surface area contributed by atoms with Crippen LogP contribution in [0.3, 0.4) is 0 Å². The van der Waals surface area contributed by atoms with Crippen molar-refractivity contribution >= 4 is 28.5 Å². The van der Waals surface area contributed by atoms with Crippen LogP contribution < -0.4 is 10.1 Å². The van der Waals surface area contributed by atoms with Crippen molar-refractivity contribution in [3.63, 3.8) is 0 Å². The lowest BCUT2D eigenvalue weighted by molar-refractivity contribution is -0.116. The van der Waals surface area contributed by atoms with Crippen LogP contribution in [0.5, 0.6) is 5.75 Å². The normalized spacial score (nSPS) is 11.0. The number of halogens is 2. The van der Waals surface area contributed by atoms with E-state index in [0.29, 0.717) is 35.4 Å². The van der Waals surface area contributed by atoms with Gasteiger partial charge in [-0.1, -0.05) is 19.1 Å². The number of aromatic nitrogens is 2. The van der Waals surface area contributed by atoms with Gasteiger partial charge in [0.2, 0.25) is 5.91 Å². The molecule has 0 aliphatic carbocycles. The first-order chi connectivity index (χ1) is 14.4. The van der Waals surface area contributed by atoms with E-state index in [9.17, 15) is 18.4 Å². The Hall–Kier alpha value is -3.49. The van der Waals surface area contributed by atoms with Gasteiger partial charge in [-0.15, -0.1) is 0 Å². The second-order valence-corrected chi connectivity index (χ2v) is 6.63. The number of hydrogen-bond donors (Lipinski definition) is 2. The molecular formula is C21H22F2N4O3. The summed E-state index contributed by atoms with van der Waals surface area (Å²) < 4.78 is 30.9. The highest BCUT2D eigenvalue weighted by Gasteiger charge is 2.20. The molecule has 3 aromatic rings. The topological polar surface area (TPSA) is 87.3 Å². The number of anilines is 1. The number of alkyl halides is 2. The van der Waals surface area contributed by atoms with Gasteiger partial charge in [0.15, 0.2) is 5.82 Å². The minimum atomic E-state index is -2.73. The van der Waals surface area contributed by atoms with Crippen molar-refractivity contribution in [2.75, 3.05) is 25.5 Å². The number of carbonyl (C=O) groups is 2. The number of methoxy groups -OCH3 is 1. The summed E-state index contributed by atoms with van der Waals surface area (Å²) in [5.74, 6) is -0.680. The molecule has 0 unspecified atom stereocenters. The number of hydrogen-bond acceptors (Lipinski definition) is 4. The highest BCUT2D eigenvalue weighted by atomic mass is 19.3. The molecule has 0 bridgehead atoms. The van der Waals surface area contributed by atoms with Gasteiger partial charge in [0.25, 0.3) is 12.3 Å². The fraction of sp³-hybridized carbons (Fsp3) is 0.286. The van der Waals surface area contributed by atoms with Crippen molar-refractivity contribution in [2.45, 2.75) is 19.8 Å². The minimum Gasteiger partial charge on any atom is -0.495 e. The zero-order chi connectivity index (χ0) is 21.7. The van der Waals surface area contributed by atoms with Gasteiger partial charge in [0.1, 0.15) is 12.3 Å². The number of nitrogens with zero attached hydrogens (tertiary/aromatic N) is 2. The predicted octanol–water partition coefficient (Wildman–Crippen LogP) is 4.00. The van der Waals surface area contributed by atoms with Crippen LogP contribution in [0.25, 0.3) is 11.0 Å². The van der Waals surface area contributed by atoms with Crippen molar-refractivity contribution in [1.82, 2.24) is 14.9 Å². The van der Waals surface area contributed by atoms with Crippen molar-refractivity contribution < 1.29 is 23.1 Å². The first-order valence-electron chi connectivity index (χ1n) is 9.43. The SMILES string of the molecule is CCCN(CC(=O)Nc1ccccc1OC)C(=O)c1ccc2nc(C(F)F)[nH]c2c1. The smallest absolute Gasteiger partial charge is 0.295 e. The van der Waals surface area contributed by atoms with Crippen molar-refractivity contribution in [3.05, 3.63) is 53.9 Å². The molecule has 1 aromatic heterocycles. The maximum absolute atomic E-state index is 13.0. The molecule has 1 heterocycles. The Morgan fingerprint density at radius 2 is 2.00 bits per heavy atom. The first kappa shape index (κ1) is 21.2. The summed E-state index contributed by atoms with van der Waals surface area (Å²) >= 11 is 0. The first-order valence-corrected chi connectivity index (χ1v) is 9.43. The zero-order valence-electron chi connectivity index (χ0n) is 16.6. The van der Waals surface area contributed by atoms with E-state index >= 15 is 0 Å². The molecule has 2 aromatic carbocycles. The number of nitrogens with one attached hydrogen (secondary N) is 2. The Morgan fingerprint density at radius 1 is 1.23 bits per heavy atom. The molecule has 0 fully saturated rings. The van der Waals surface area contributed by atoms with Crippen LogP contribution in [0.4, 0.5) is 14.5 Å². The van der Waals surface area contributed by atoms with Gasteiger partial charge in [-0.25, -0.2) is 13.8 Å². The molecule has 30 heavy (non-hydrogen) atoms. The Morgan fingerprint density at radius 3 is 2.70 bits per heavy atom. The van der Waals surface area contributed by atoms with E-state index in [4.69, 9.17) is 4.74 Å². The van der Waals surface area contributed by atoms with Crippen LogP contribution >= 0.6 is 0 Å². The number of benzene rings is 2. The van der Waals surface area contributed by atoms with E-state index in [1.54, 1.807) is 24.3 Å². The fourth-order valence-electron chi connectivity index (χ4n) is 3.08. The van der Waals surface area contributed by atoms with Crippen LogP contribution in [0.15, 0.2) is 42.5 Å². The fourth-order valence-corrected chi connectivity index (χ4v) is 3.08. The van der Waals surface area contributed by atoms with Gasteiger partial charge in [0, 0.05) is 12.1 Å². The quantitative estimate of drug-likeness (QED) is 0.581. The average Bonchev–Trinajstić information content (AvgIpc) is 3.17. The van der Waals surface area contributed by atoms with Gasteiger partial charge < -0.3 is 19.9 Å². The highest BCUT2D eigenvalue weighted by molar-refractivity contribution is 6.01. The molecule has 9 heteroatoms. The summed E-state index contributed by atoms with van der Waals surface area (Å²) in [6.07, 6.45) is -2.08. The lowest BCUT2D eigenvalue weighted by Gasteiger charge is -2.22. The summed E-state index contributed by atoms with van der Waals surface area (Å²) in [7, 11) is 1.50. The molecule has 7 nitrogen and oxygen atoms in total. The third kappa shape index (κ3) is 4.73. The van der Waals surface area contributed by atoms with Gasteiger partial charge in [-0.2, -0.15) is 0 Å². The van der Waals surface area contributed by atoms with Crippen molar-refractivity contribution in [2.24, 2.45) is 0 Å². The Balaban J connectivity index is 1.77. The Bertz CT molecular complexity index is 1050. The second kappa shape index (κ2) is 9.34. The van der Waals surface area contributed by atoms with Crippen LogP contribution in [0.1, 0.15) is 36.0 Å². The molecular weight excluding hydrogens is 394 g/mol. The van der Waals surface area contributed by atoms with Crippen molar-refractivity contribution in [1.29, 1.82) is 0 Å². The molecule has 0 saturated heterocycles. The van der Waals surface area contributed by atoms with E-state index in [2.05, 4.69) is 15.3 Å². The van der Waals surface area contributed by atoms with Gasteiger partial charge >= 0.3 is 0 Å². The molecule has 0 radical (unpaired) electrons. The third-order valence-electron chi connectivity index (χ3n) is 4.45. The van der Waals surface area contributed by atoms with E-state index in [1.807, 2.05) is 6.92 Å². The molecule has 0 atom stereocenters. The number of para-hydroxylation sites is 2. The highest BCUT2D eigenvalue weighted by Crippen LogP contribution is 2.23. The average molecular weight is 416 g/mol. The lowest BCUT2D eigenvalue weighted by atomic mass is 10.1. The van der Waals surface area contributed by atoms with Crippen LogP contribution in [-0.2, 0) is 4.79 Å². The summed E-state index contributed by atoms with van der Waals surface area (Å²) in [5, 5.41) is 2.74. The standard InChI is InChI=1S/C21H22F2N4O3/c1-3-10-27(12-18(28)24-15-6-4-5-7-17(15)30-2)21(29)13-8-9-14-16(11-13)26-20(25-14)19(22)23/h4-9,11,19H,3,10,12H2,1-2H3,(H,24,28)(H,25,26). The molecule has 0 aliphatic rings. The summed E-state index contributed by atoms with van der Waals surface area (Å²) in [6, 6.07) is 11.5. The van der Waals surface area contributed by atoms with E-state index in [-0.39, 0.29) is 23.9 Å². The molecule has 2 amide bonds. The van der Waals surface area contributed by atoms with E-state index in [0.717, 1.165) is 0 Å². The third-order valence-corrected chi connectivity index (χ3v) is 4.45. The maximum Gasteiger partial charge on any atom is 0.295 e. The molecule has 0 aliphatic heterocycles. The summed E-state index contributed by atoms with van der Waals surface area (Å²) in [6.45, 7) is 2.10. The molecule has 2 N–H and O–H groups in total. The summed E-state index contributed by atoms with van der Waals surface area (Å²) in [4.78, 5) is 33.2. The maximum atomic E-state index is 13.0. The molecule has 3 rings (SSSR count). The number of imidazole rings is 1. The Labute approximate surface area is 172 Å². The number of aromatic amines is 1. The monoisotopic (exact) mass is 416 g/mol. The van der Waals surface area contributed by atoms with E-state index < -0.39 is 12.2 Å². The molecule has 0 saturated carbocycles. The summed E-state index contributed by atoms with van der Waals surface area (Å²) in [5.41, 5.74) is 1.47. The minimum absolute atomic E-state index is 0.159. The van der Waals surface area contributed by atoms with Crippen LogP contribution in [0.2, 0.25) is 0 Å². The lowest BCUT2D eigenvalue weighted by Crippen LogP contribution is -2.38. The number of carbonyl (C=O) groups excluding carboxylic acids is 2. The second-order valence-electron chi connectivity index (χ2n) is 6.63. The number of rotatable bonds is 8. The number of ether oxygens (including phenoxy) is 1. The number of fused-ring (bicyclic) bond motifs is 1. The van der Waals surface area contributed by atoms with Gasteiger partial charge in [-0.3, -0.25) is 9.59 Å². The molecule has 158 valence electrons. The number of amides is 2. The van der Waals surface area contributed by atoms with E-state index in [1.165, 1.54) is 30.2 Å². The predicted molar refractivity (Wildman–Crippen MR) is 109 cm³/mol. The number of H-pyrrole nitrogens is 1. The van der Waals surface area contributed by atoms with Crippen LogP contribution in [-0.4, -0.2) is 46.9 Å². The van der Waals surface area contributed by atoms with Crippen LogP contribution in [0, 0.1) is 0 Å². The Kier molecular flexibility index (Phi) is 6.61. The molecule has 0 spiro atoms. The van der Waals surface area contributed by atoms with Gasteiger partial charge in [-0.05, 0) is 36.8 Å². The zero-order valence-corrected chi connectivity index (χ0v) is 16.6. The van der Waals surface area contributed by atoms with Crippen molar-refractivity contribution in [3.8, 4) is 5.75 Å². The largest absolute Gasteiger partial charge is 0.495 e. The van der Waals surface area contributed by atoms with Gasteiger partial charge in [0.05, 0.1) is 23.8 Å².